The molecule has 0 amide bonds. The van der Waals surface area contributed by atoms with Gasteiger partial charge in [-0.3, -0.25) is 24.5 Å². The fourth-order valence-corrected chi connectivity index (χ4v) is 8.93. The van der Waals surface area contributed by atoms with E-state index in [1.807, 2.05) is 36.5 Å². The topological polar surface area (TPSA) is 186 Å². The molecule has 6 aromatic rings. The van der Waals surface area contributed by atoms with Crippen molar-refractivity contribution in [2.75, 3.05) is 52.6 Å². The second-order valence-corrected chi connectivity index (χ2v) is 16.6. The van der Waals surface area contributed by atoms with Crippen molar-refractivity contribution in [2.24, 2.45) is 11.8 Å². The number of H-pyrrole nitrogens is 2. The van der Waals surface area contributed by atoms with Crippen molar-refractivity contribution in [1.82, 2.24) is 59.3 Å². The lowest BCUT2D eigenvalue weighted by Crippen LogP contribution is -2.24. The quantitative estimate of drug-likeness (QED) is 0.191. The number of hydrogen-bond donors (Lipinski definition) is 3. The number of likely N-dealkylation sites (tertiary alicyclic amines) is 1. The Morgan fingerprint density at radius 1 is 0.678 bits per heavy atom. The summed E-state index contributed by atoms with van der Waals surface area (Å²) in [5.74, 6) is 5.20. The highest BCUT2D eigenvalue weighted by Crippen LogP contribution is 2.32. The molecule has 10 rings (SSSR count). The molecule has 0 aromatic carbocycles. The van der Waals surface area contributed by atoms with Crippen LogP contribution in [0.15, 0.2) is 70.8 Å². The van der Waals surface area contributed by atoms with Crippen LogP contribution in [0, 0.1) is 11.8 Å². The molecular formula is C42H53BrN12O4. The Morgan fingerprint density at radius 3 is 1.69 bits per heavy atom. The minimum Gasteiger partial charge on any atom is -0.381 e. The summed E-state index contributed by atoms with van der Waals surface area (Å²) in [5, 5.41) is 13.8. The van der Waals surface area contributed by atoms with Crippen molar-refractivity contribution in [3.8, 4) is 0 Å². The smallest absolute Gasteiger partial charge is 0.276 e. The highest BCUT2D eigenvalue weighted by atomic mass is 79.9. The van der Waals surface area contributed by atoms with Crippen molar-refractivity contribution in [3.05, 3.63) is 117 Å². The van der Waals surface area contributed by atoms with E-state index < -0.39 is 0 Å². The molecule has 59 heavy (non-hydrogen) atoms. The fourth-order valence-electron chi connectivity index (χ4n) is 8.59. The van der Waals surface area contributed by atoms with E-state index in [0.29, 0.717) is 28.8 Å². The van der Waals surface area contributed by atoms with Gasteiger partial charge in [0.25, 0.3) is 11.1 Å². The Bertz CT molecular complexity index is 2390. The summed E-state index contributed by atoms with van der Waals surface area (Å²) in [6.07, 6.45) is 10.6. The molecule has 312 valence electrons. The summed E-state index contributed by atoms with van der Waals surface area (Å²) < 4.78 is 14.4. The number of aromatic nitrogens is 10. The summed E-state index contributed by atoms with van der Waals surface area (Å²) >= 11 is 3.29. The first-order valence-corrected chi connectivity index (χ1v) is 21.9. The average molecular weight is 870 g/mol. The third-order valence-corrected chi connectivity index (χ3v) is 12.5. The van der Waals surface area contributed by atoms with Gasteiger partial charge in [0, 0.05) is 94.0 Å². The molecule has 4 atom stereocenters. The highest BCUT2D eigenvalue weighted by molar-refractivity contribution is 9.08. The molecule has 17 heteroatoms. The zero-order chi connectivity index (χ0) is 40.7. The van der Waals surface area contributed by atoms with Gasteiger partial charge < -0.3 is 24.8 Å². The molecule has 4 unspecified atom stereocenters. The predicted molar refractivity (Wildman–Crippen MR) is 226 cm³/mol. The van der Waals surface area contributed by atoms with Gasteiger partial charge in [-0.2, -0.15) is 10.2 Å². The Balaban J connectivity index is 0.000000142. The molecule has 0 radical (unpaired) electrons. The number of aromatic amines is 2. The molecular weight excluding hydrogens is 816 g/mol. The summed E-state index contributed by atoms with van der Waals surface area (Å²) in [6, 6.07) is 11.9. The molecule has 0 spiro atoms. The molecule has 0 saturated carbocycles. The van der Waals surface area contributed by atoms with E-state index in [2.05, 4.69) is 76.0 Å². The number of halogens is 1. The summed E-state index contributed by atoms with van der Waals surface area (Å²) in [5.41, 5.74) is 2.97. The number of imidazole rings is 2. The molecule has 10 heterocycles. The van der Waals surface area contributed by atoms with Crippen LogP contribution in [0.3, 0.4) is 0 Å². The number of rotatable bonds is 7. The zero-order valence-corrected chi connectivity index (χ0v) is 35.3. The van der Waals surface area contributed by atoms with Crippen molar-refractivity contribution in [3.63, 3.8) is 0 Å². The molecule has 4 aliphatic rings. The van der Waals surface area contributed by atoms with E-state index in [1.54, 1.807) is 27.6 Å². The second kappa shape index (κ2) is 19.1. The molecule has 4 aliphatic heterocycles. The van der Waals surface area contributed by atoms with Gasteiger partial charge in [0.05, 0.1) is 23.8 Å². The summed E-state index contributed by atoms with van der Waals surface area (Å²) in [6.45, 7) is 11.8. The third kappa shape index (κ3) is 9.54. The standard InChI is InChI=1S/C21H26N6O2.C15H21N5O2.C6H6BrN/c1-14-11-26(12-16-4-2-3-7-22-16)13-17(14)19-24-21(28)18-10-23-20(27(18)25-19)15-5-8-29-9-6-15;1-9-6-16-7-11(9)13-18-15(21)12-8-17-14(20(12)19-13)10-2-4-22-5-3-10;7-5-6-3-1-2-4-8-6/h2-4,7,10,14-15,17H,5-6,8-9,11-13H2,1H3,(H,24,25,28);8-11,16H,2-7H2,1H3,(H,18,19,21);1-4H,5H2. The number of nitrogens with zero attached hydrogens (tertiary/aromatic N) is 9. The van der Waals surface area contributed by atoms with Crippen molar-refractivity contribution in [2.45, 2.75) is 75.1 Å². The number of fused-ring (bicyclic) bond motifs is 2. The van der Waals surface area contributed by atoms with Crippen LogP contribution in [0.4, 0.5) is 0 Å². The molecule has 0 bridgehead atoms. The minimum atomic E-state index is -0.115. The van der Waals surface area contributed by atoms with Crippen LogP contribution < -0.4 is 16.4 Å². The van der Waals surface area contributed by atoms with Crippen LogP contribution in [-0.4, -0.2) is 107 Å². The molecule has 6 aromatic heterocycles. The maximum atomic E-state index is 12.7. The number of ether oxygens (including phenoxy) is 2. The van der Waals surface area contributed by atoms with Gasteiger partial charge in [0.1, 0.15) is 23.3 Å². The SMILES string of the molecule is BrCc1ccccn1.CC1CN(Cc2ccccn2)CC1c1nn2c(C3CCOCC3)ncc2c(=O)[nH]1.CC1CNCC1c1nn2c(C3CCOCC3)ncc2c(=O)[nH]1. The lowest BCUT2D eigenvalue weighted by molar-refractivity contribution is 0.0831. The average Bonchev–Trinajstić information content (AvgIpc) is 4.09. The first-order valence-electron chi connectivity index (χ1n) is 20.8. The molecule has 4 fully saturated rings. The van der Waals surface area contributed by atoms with Gasteiger partial charge >= 0.3 is 0 Å². The first kappa shape index (κ1) is 41.1. The molecule has 3 N–H and O–H groups in total. The van der Waals surface area contributed by atoms with Crippen LogP contribution in [0.2, 0.25) is 0 Å². The third-order valence-electron chi connectivity index (χ3n) is 11.9. The maximum absolute atomic E-state index is 12.7. The molecule has 4 saturated heterocycles. The monoisotopic (exact) mass is 868 g/mol. The fraction of sp³-hybridized carbons (Fsp3) is 0.524. The van der Waals surface area contributed by atoms with Crippen LogP contribution >= 0.6 is 15.9 Å². The van der Waals surface area contributed by atoms with Crippen LogP contribution in [-0.2, 0) is 21.3 Å². The highest BCUT2D eigenvalue weighted by Gasteiger charge is 2.34. The summed E-state index contributed by atoms with van der Waals surface area (Å²) in [4.78, 5) is 51.0. The Labute approximate surface area is 350 Å². The van der Waals surface area contributed by atoms with Gasteiger partial charge in [0.15, 0.2) is 11.0 Å². The molecule has 16 nitrogen and oxygen atoms in total. The Hall–Kier alpha value is -4.68. The summed E-state index contributed by atoms with van der Waals surface area (Å²) in [7, 11) is 0. The molecule has 0 aliphatic carbocycles. The van der Waals surface area contributed by atoms with Gasteiger partial charge in [0.2, 0.25) is 0 Å². The van der Waals surface area contributed by atoms with Gasteiger partial charge in [-0.05, 0) is 68.3 Å². The normalized spacial score (nSPS) is 22.9. The lowest BCUT2D eigenvalue weighted by atomic mass is 9.97. The second-order valence-electron chi connectivity index (χ2n) is 16.1. The largest absolute Gasteiger partial charge is 0.381 e. The van der Waals surface area contributed by atoms with Gasteiger partial charge in [-0.15, -0.1) is 0 Å². The van der Waals surface area contributed by atoms with E-state index in [9.17, 15) is 9.59 Å². The minimum absolute atomic E-state index is 0.102. The van der Waals surface area contributed by atoms with Gasteiger partial charge in [-0.25, -0.2) is 19.0 Å². The number of nitrogens with one attached hydrogen (secondary N) is 3. The van der Waals surface area contributed by atoms with E-state index in [-0.39, 0.29) is 28.9 Å². The number of hydrogen-bond acceptors (Lipinski definition) is 12. The van der Waals surface area contributed by atoms with E-state index in [4.69, 9.17) is 19.7 Å². The van der Waals surface area contributed by atoms with Crippen molar-refractivity contribution >= 4 is 27.0 Å². The Morgan fingerprint density at radius 2 is 1.22 bits per heavy atom. The van der Waals surface area contributed by atoms with Crippen molar-refractivity contribution < 1.29 is 9.47 Å². The van der Waals surface area contributed by atoms with Crippen LogP contribution in [0.25, 0.3) is 11.0 Å². The van der Waals surface area contributed by atoms with E-state index >= 15 is 0 Å². The first-order chi connectivity index (χ1) is 28.9. The maximum Gasteiger partial charge on any atom is 0.276 e. The van der Waals surface area contributed by atoms with E-state index in [1.165, 1.54) is 0 Å². The number of pyridine rings is 2. The van der Waals surface area contributed by atoms with Crippen LogP contribution in [0.5, 0.6) is 0 Å². The van der Waals surface area contributed by atoms with Gasteiger partial charge in [-0.1, -0.05) is 41.9 Å². The Kier molecular flexibility index (Phi) is 13.3. The van der Waals surface area contributed by atoms with E-state index in [0.717, 1.165) is 125 Å². The van der Waals surface area contributed by atoms with Crippen molar-refractivity contribution in [1.29, 1.82) is 0 Å². The zero-order valence-electron chi connectivity index (χ0n) is 33.7. The van der Waals surface area contributed by atoms with Crippen LogP contribution in [0.1, 0.15) is 97.9 Å². The number of alkyl halides is 1. The predicted octanol–water partition coefficient (Wildman–Crippen LogP) is 4.55. The lowest BCUT2D eigenvalue weighted by Gasteiger charge is -2.21.